The van der Waals surface area contributed by atoms with Crippen molar-refractivity contribution in [3.8, 4) is 0 Å². The summed E-state index contributed by atoms with van der Waals surface area (Å²) in [7, 11) is 0. The Bertz CT molecular complexity index is 313. The molecule has 12 heavy (non-hydrogen) atoms. The third-order valence-electron chi connectivity index (χ3n) is 1.92. The molecule has 1 aliphatic carbocycles. The first-order valence-electron chi connectivity index (χ1n) is 3.95. The van der Waals surface area contributed by atoms with Crippen LogP contribution in [-0.2, 0) is 4.79 Å². The van der Waals surface area contributed by atoms with E-state index in [2.05, 4.69) is 15.2 Å². The molecule has 0 unspecified atom stereocenters. The Morgan fingerprint density at radius 3 is 3.00 bits per heavy atom. The molecular weight excluding hydrogens is 154 g/mol. The molecule has 0 aliphatic heterocycles. The highest BCUT2D eigenvalue weighted by Gasteiger charge is 2.12. The van der Waals surface area contributed by atoms with Gasteiger partial charge in [0, 0.05) is 6.42 Å². The van der Waals surface area contributed by atoms with Crippen molar-refractivity contribution in [3.05, 3.63) is 18.2 Å². The van der Waals surface area contributed by atoms with E-state index < -0.39 is 0 Å². The van der Waals surface area contributed by atoms with Gasteiger partial charge in [0.15, 0.2) is 11.6 Å². The van der Waals surface area contributed by atoms with Gasteiger partial charge in [-0.25, -0.2) is 4.98 Å². The normalized spacial score (nSPS) is 17.7. The third-order valence-corrected chi connectivity index (χ3v) is 1.92. The predicted octanol–water partition coefficient (Wildman–Crippen LogP) is 0.941. The summed E-state index contributed by atoms with van der Waals surface area (Å²) < 4.78 is 0. The van der Waals surface area contributed by atoms with E-state index in [0.29, 0.717) is 6.42 Å². The number of rotatable bonds is 1. The maximum atomic E-state index is 11.0. The standard InChI is InChI=1S/C8H9N3O/c12-7-3-1-2-6(4-7)8-9-5-10-11-8/h4-5H,1-3H2,(H,9,10,11). The molecule has 0 atom stereocenters. The highest BCUT2D eigenvalue weighted by atomic mass is 16.1. The van der Waals surface area contributed by atoms with E-state index in [9.17, 15) is 4.79 Å². The molecule has 0 fully saturated rings. The van der Waals surface area contributed by atoms with Crippen molar-refractivity contribution < 1.29 is 4.79 Å². The fraction of sp³-hybridized carbons (Fsp3) is 0.375. The molecule has 0 saturated carbocycles. The number of hydrogen-bond donors (Lipinski definition) is 1. The van der Waals surface area contributed by atoms with Crippen LogP contribution in [0.2, 0.25) is 0 Å². The van der Waals surface area contributed by atoms with Gasteiger partial charge in [0.2, 0.25) is 0 Å². The minimum atomic E-state index is 0.188. The first-order valence-corrected chi connectivity index (χ1v) is 3.95. The molecule has 4 nitrogen and oxygen atoms in total. The summed E-state index contributed by atoms with van der Waals surface area (Å²) >= 11 is 0. The van der Waals surface area contributed by atoms with Gasteiger partial charge in [-0.1, -0.05) is 0 Å². The third kappa shape index (κ3) is 1.28. The maximum absolute atomic E-state index is 11.0. The molecule has 0 bridgehead atoms. The Kier molecular flexibility index (Phi) is 1.74. The van der Waals surface area contributed by atoms with Gasteiger partial charge < -0.3 is 0 Å². The van der Waals surface area contributed by atoms with Crippen LogP contribution in [0.3, 0.4) is 0 Å². The van der Waals surface area contributed by atoms with Gasteiger partial charge in [-0.05, 0) is 24.5 Å². The Labute approximate surface area is 69.7 Å². The summed E-state index contributed by atoms with van der Waals surface area (Å²) in [5.74, 6) is 0.913. The van der Waals surface area contributed by atoms with Gasteiger partial charge in [-0.3, -0.25) is 9.89 Å². The van der Waals surface area contributed by atoms with Crippen molar-refractivity contribution in [1.82, 2.24) is 15.2 Å². The first kappa shape index (κ1) is 7.21. The van der Waals surface area contributed by atoms with Gasteiger partial charge in [-0.2, -0.15) is 5.10 Å². The number of nitrogens with zero attached hydrogens (tertiary/aromatic N) is 2. The van der Waals surface area contributed by atoms with Crippen LogP contribution in [0.15, 0.2) is 12.4 Å². The van der Waals surface area contributed by atoms with Crippen LogP contribution in [-0.4, -0.2) is 21.0 Å². The molecule has 0 saturated heterocycles. The summed E-state index contributed by atoms with van der Waals surface area (Å²) in [6.07, 6.45) is 5.61. The lowest BCUT2D eigenvalue weighted by molar-refractivity contribution is -0.114. The molecule has 0 amide bonds. The van der Waals surface area contributed by atoms with E-state index in [1.807, 2.05) is 0 Å². The number of aromatic nitrogens is 3. The molecule has 4 heteroatoms. The number of hydrogen-bond acceptors (Lipinski definition) is 3. The monoisotopic (exact) mass is 163 g/mol. The molecule has 1 aromatic rings. The lowest BCUT2D eigenvalue weighted by Crippen LogP contribution is -2.02. The molecule has 2 rings (SSSR count). The van der Waals surface area contributed by atoms with Crippen molar-refractivity contribution in [3.63, 3.8) is 0 Å². The largest absolute Gasteiger partial charge is 0.295 e. The van der Waals surface area contributed by atoms with E-state index in [1.165, 1.54) is 6.33 Å². The van der Waals surface area contributed by atoms with Crippen LogP contribution in [0.25, 0.3) is 5.57 Å². The van der Waals surface area contributed by atoms with Crippen LogP contribution < -0.4 is 0 Å². The lowest BCUT2D eigenvalue weighted by Gasteiger charge is -2.07. The van der Waals surface area contributed by atoms with E-state index >= 15 is 0 Å². The van der Waals surface area contributed by atoms with E-state index in [0.717, 1.165) is 24.2 Å². The van der Waals surface area contributed by atoms with Crippen molar-refractivity contribution in [1.29, 1.82) is 0 Å². The molecule has 0 spiro atoms. The molecule has 0 radical (unpaired) electrons. The fourth-order valence-electron chi connectivity index (χ4n) is 1.34. The van der Waals surface area contributed by atoms with Crippen molar-refractivity contribution >= 4 is 11.4 Å². The van der Waals surface area contributed by atoms with E-state index in [-0.39, 0.29) is 5.78 Å². The van der Waals surface area contributed by atoms with Gasteiger partial charge in [0.1, 0.15) is 6.33 Å². The fourth-order valence-corrected chi connectivity index (χ4v) is 1.34. The molecule has 1 aromatic heterocycles. The second-order valence-corrected chi connectivity index (χ2v) is 2.82. The summed E-state index contributed by atoms with van der Waals surface area (Å²) in [6.45, 7) is 0. The van der Waals surface area contributed by atoms with Crippen molar-refractivity contribution in [2.45, 2.75) is 19.3 Å². The second kappa shape index (κ2) is 2.89. The summed E-state index contributed by atoms with van der Waals surface area (Å²) in [6, 6.07) is 0. The maximum Gasteiger partial charge on any atom is 0.156 e. The van der Waals surface area contributed by atoms with Gasteiger partial charge >= 0.3 is 0 Å². The molecule has 62 valence electrons. The quantitative estimate of drug-likeness (QED) is 0.670. The van der Waals surface area contributed by atoms with E-state index in [1.54, 1.807) is 6.08 Å². The molecular formula is C8H9N3O. The Hall–Kier alpha value is -1.45. The summed E-state index contributed by atoms with van der Waals surface area (Å²) in [4.78, 5) is 15.0. The van der Waals surface area contributed by atoms with Gasteiger partial charge in [0.25, 0.3) is 0 Å². The van der Waals surface area contributed by atoms with Crippen molar-refractivity contribution in [2.24, 2.45) is 0 Å². The zero-order valence-corrected chi connectivity index (χ0v) is 6.58. The number of nitrogens with one attached hydrogen (secondary N) is 1. The zero-order chi connectivity index (χ0) is 8.39. The number of carbonyl (C=O) groups excluding carboxylic acids is 1. The average Bonchev–Trinajstić information content (AvgIpc) is 2.56. The smallest absolute Gasteiger partial charge is 0.156 e. The van der Waals surface area contributed by atoms with Crippen LogP contribution in [0, 0.1) is 0 Å². The predicted molar refractivity (Wildman–Crippen MR) is 43.2 cm³/mol. The number of allylic oxidation sites excluding steroid dienone is 2. The van der Waals surface area contributed by atoms with Crippen LogP contribution in [0.4, 0.5) is 0 Å². The molecule has 1 heterocycles. The van der Waals surface area contributed by atoms with Gasteiger partial charge in [0.05, 0.1) is 0 Å². The number of aromatic amines is 1. The summed E-state index contributed by atoms with van der Waals surface area (Å²) in [5.41, 5.74) is 0.976. The second-order valence-electron chi connectivity index (χ2n) is 2.82. The van der Waals surface area contributed by atoms with Crippen LogP contribution in [0.5, 0.6) is 0 Å². The Balaban J connectivity index is 2.29. The molecule has 1 N–H and O–H groups in total. The SMILES string of the molecule is O=C1C=C(c2ncn[nH]2)CCC1. The summed E-state index contributed by atoms with van der Waals surface area (Å²) in [5, 5.41) is 6.48. The topological polar surface area (TPSA) is 58.6 Å². The molecule has 1 aliphatic rings. The Morgan fingerprint density at radius 2 is 2.33 bits per heavy atom. The number of H-pyrrole nitrogens is 1. The minimum absolute atomic E-state index is 0.188. The lowest BCUT2D eigenvalue weighted by atomic mass is 9.98. The number of carbonyl (C=O) groups is 1. The van der Waals surface area contributed by atoms with E-state index in [4.69, 9.17) is 0 Å². The minimum Gasteiger partial charge on any atom is -0.295 e. The highest BCUT2D eigenvalue weighted by Crippen LogP contribution is 2.21. The Morgan fingerprint density at radius 1 is 1.42 bits per heavy atom. The number of ketones is 1. The van der Waals surface area contributed by atoms with Crippen LogP contribution in [0.1, 0.15) is 25.1 Å². The van der Waals surface area contributed by atoms with Crippen molar-refractivity contribution in [2.75, 3.05) is 0 Å². The van der Waals surface area contributed by atoms with Crippen LogP contribution >= 0.6 is 0 Å². The zero-order valence-electron chi connectivity index (χ0n) is 6.58. The van der Waals surface area contributed by atoms with Gasteiger partial charge in [-0.15, -0.1) is 0 Å². The highest BCUT2D eigenvalue weighted by molar-refractivity contribution is 5.97. The average molecular weight is 163 g/mol. The molecule has 0 aromatic carbocycles. The first-order chi connectivity index (χ1) is 5.86.